The molecule has 4 heteroatoms. The zero-order valence-corrected chi connectivity index (χ0v) is 7.19. The van der Waals surface area contributed by atoms with E-state index in [0.717, 1.165) is 10.6 Å². The summed E-state index contributed by atoms with van der Waals surface area (Å²) < 4.78 is 0.652. The Morgan fingerprint density at radius 2 is 2.25 bits per heavy atom. The smallest absolute Gasteiger partial charge is 0.309 e. The Morgan fingerprint density at radius 3 is 2.75 bits per heavy atom. The minimum Gasteiger partial charge on any atom is -0.711 e. The molecule has 0 radical (unpaired) electrons. The number of hydrogen-bond acceptors (Lipinski definition) is 3. The van der Waals surface area contributed by atoms with Crippen molar-refractivity contribution in [2.75, 3.05) is 11.6 Å². The quantitative estimate of drug-likeness (QED) is 0.404. The highest BCUT2D eigenvalue weighted by Crippen LogP contribution is 2.05. The summed E-state index contributed by atoms with van der Waals surface area (Å²) in [6.45, 7) is 3.98. The van der Waals surface area contributed by atoms with Crippen LogP contribution in [0.2, 0.25) is 0 Å². The molecule has 0 saturated carbocycles. The largest absolute Gasteiger partial charge is 0.711 e. The van der Waals surface area contributed by atoms with Crippen LogP contribution in [0.3, 0.4) is 0 Å². The highest BCUT2D eigenvalue weighted by atomic mass is 16.5. The van der Waals surface area contributed by atoms with Crippen LogP contribution < -0.4 is 9.79 Å². The van der Waals surface area contributed by atoms with Gasteiger partial charge in [0, 0.05) is 6.07 Å². The van der Waals surface area contributed by atoms with Crippen molar-refractivity contribution in [2.45, 2.75) is 13.8 Å². The Labute approximate surface area is 71.2 Å². The van der Waals surface area contributed by atoms with Gasteiger partial charge in [0.2, 0.25) is 0 Å². The van der Waals surface area contributed by atoms with Crippen LogP contribution in [0.15, 0.2) is 18.3 Å². The molecule has 0 aliphatic rings. The maximum absolute atomic E-state index is 11.2. The van der Waals surface area contributed by atoms with Crippen molar-refractivity contribution in [2.24, 2.45) is 0 Å². The standard InChI is InChI=1S/C8H12N2O2/c1-3-9(11)8-5-4-7(2)6-10(8)12/h4-6,11H,3H2,1-2H3. The van der Waals surface area contributed by atoms with Crippen LogP contribution in [-0.4, -0.2) is 11.8 Å². The highest BCUT2D eigenvalue weighted by Gasteiger charge is 2.10. The summed E-state index contributed by atoms with van der Waals surface area (Å²) in [5.74, 6) is 0.253. The van der Waals surface area contributed by atoms with E-state index < -0.39 is 0 Å². The van der Waals surface area contributed by atoms with Gasteiger partial charge in [0.25, 0.3) is 0 Å². The molecule has 1 aromatic heterocycles. The Bertz CT molecular complexity index is 276. The van der Waals surface area contributed by atoms with Gasteiger partial charge in [-0.2, -0.15) is 0 Å². The van der Waals surface area contributed by atoms with Crippen molar-refractivity contribution in [3.05, 3.63) is 29.1 Å². The molecular weight excluding hydrogens is 156 g/mol. The normalized spacial score (nSPS) is 9.92. The Hall–Kier alpha value is -1.29. The van der Waals surface area contributed by atoms with Crippen molar-refractivity contribution >= 4 is 5.82 Å². The summed E-state index contributed by atoms with van der Waals surface area (Å²) in [5.41, 5.74) is 0.873. The van der Waals surface area contributed by atoms with Crippen LogP contribution in [0.25, 0.3) is 0 Å². The molecule has 0 bridgehead atoms. The van der Waals surface area contributed by atoms with Crippen LogP contribution in [0.1, 0.15) is 12.5 Å². The summed E-state index contributed by atoms with van der Waals surface area (Å²) >= 11 is 0. The monoisotopic (exact) mass is 168 g/mol. The van der Waals surface area contributed by atoms with E-state index in [1.54, 1.807) is 19.1 Å². The molecule has 0 unspecified atom stereocenters. The molecule has 1 aromatic rings. The lowest BCUT2D eigenvalue weighted by Crippen LogP contribution is -2.36. The number of rotatable bonds is 2. The second-order valence-electron chi connectivity index (χ2n) is 2.61. The van der Waals surface area contributed by atoms with E-state index in [9.17, 15) is 10.4 Å². The molecule has 0 atom stereocenters. The van der Waals surface area contributed by atoms with Gasteiger partial charge in [-0.05, 0) is 25.5 Å². The van der Waals surface area contributed by atoms with Gasteiger partial charge >= 0.3 is 5.82 Å². The molecule has 0 aromatic carbocycles. The fraction of sp³-hybridized carbons (Fsp3) is 0.375. The van der Waals surface area contributed by atoms with Crippen molar-refractivity contribution in [1.29, 1.82) is 0 Å². The second kappa shape index (κ2) is 3.40. The van der Waals surface area contributed by atoms with Gasteiger partial charge < -0.3 is 5.21 Å². The SMILES string of the molecule is CCN(O)c1ccc(C)c[n+]1[O-]. The number of nitrogens with zero attached hydrogens (tertiary/aromatic N) is 2. The maximum Gasteiger partial charge on any atom is 0.309 e. The molecule has 0 fully saturated rings. The molecule has 1 rings (SSSR count). The van der Waals surface area contributed by atoms with Crippen molar-refractivity contribution in [1.82, 2.24) is 0 Å². The third-order valence-electron chi connectivity index (χ3n) is 1.61. The molecule has 12 heavy (non-hydrogen) atoms. The zero-order chi connectivity index (χ0) is 9.14. The number of hydroxylamine groups is 1. The lowest BCUT2D eigenvalue weighted by atomic mass is 10.3. The molecule has 1 heterocycles. The number of pyridine rings is 1. The van der Waals surface area contributed by atoms with Gasteiger partial charge in [0.1, 0.15) is 6.54 Å². The van der Waals surface area contributed by atoms with Crippen molar-refractivity contribution < 1.29 is 9.94 Å². The van der Waals surface area contributed by atoms with E-state index in [2.05, 4.69) is 0 Å². The minimum atomic E-state index is 0.253. The van der Waals surface area contributed by atoms with Gasteiger partial charge in [-0.15, -0.1) is 5.06 Å². The molecule has 0 amide bonds. The fourth-order valence-corrected chi connectivity index (χ4v) is 0.935. The summed E-state index contributed by atoms with van der Waals surface area (Å²) in [7, 11) is 0. The van der Waals surface area contributed by atoms with Crippen LogP contribution in [0, 0.1) is 12.1 Å². The first-order valence-electron chi connectivity index (χ1n) is 3.81. The molecule has 66 valence electrons. The third-order valence-corrected chi connectivity index (χ3v) is 1.61. The molecule has 0 spiro atoms. The molecule has 0 aliphatic carbocycles. The van der Waals surface area contributed by atoms with E-state index in [1.165, 1.54) is 6.20 Å². The molecule has 0 saturated heterocycles. The average Bonchev–Trinajstić information content (AvgIpc) is 2.03. The summed E-state index contributed by atoms with van der Waals surface area (Å²) in [6.07, 6.45) is 1.42. The predicted molar refractivity (Wildman–Crippen MR) is 44.9 cm³/mol. The average molecular weight is 168 g/mol. The summed E-state index contributed by atoms with van der Waals surface area (Å²) in [5, 5.41) is 21.3. The number of hydrogen-bond donors (Lipinski definition) is 1. The summed E-state index contributed by atoms with van der Waals surface area (Å²) in [6, 6.07) is 3.37. The van der Waals surface area contributed by atoms with E-state index in [0.29, 0.717) is 11.3 Å². The fourth-order valence-electron chi connectivity index (χ4n) is 0.935. The van der Waals surface area contributed by atoms with Crippen LogP contribution in [-0.2, 0) is 0 Å². The van der Waals surface area contributed by atoms with E-state index >= 15 is 0 Å². The number of anilines is 1. The second-order valence-corrected chi connectivity index (χ2v) is 2.61. The topological polar surface area (TPSA) is 50.4 Å². The predicted octanol–water partition coefficient (Wildman–Crippen LogP) is 0.844. The zero-order valence-electron chi connectivity index (χ0n) is 7.19. The maximum atomic E-state index is 11.2. The number of aromatic nitrogens is 1. The minimum absolute atomic E-state index is 0.253. The Balaban J connectivity index is 3.01. The van der Waals surface area contributed by atoms with Crippen molar-refractivity contribution in [3.63, 3.8) is 0 Å². The van der Waals surface area contributed by atoms with Gasteiger partial charge in [-0.25, -0.2) is 9.94 Å². The molecule has 4 nitrogen and oxygen atoms in total. The molecule has 1 N–H and O–H groups in total. The number of aryl methyl sites for hydroxylation is 1. The van der Waals surface area contributed by atoms with Gasteiger partial charge in [-0.3, -0.25) is 0 Å². The first kappa shape index (κ1) is 8.80. The molecular formula is C8H12N2O2. The van der Waals surface area contributed by atoms with E-state index in [-0.39, 0.29) is 5.82 Å². The van der Waals surface area contributed by atoms with Crippen LogP contribution in [0.5, 0.6) is 0 Å². The highest BCUT2D eigenvalue weighted by molar-refractivity contribution is 5.29. The Kier molecular flexibility index (Phi) is 2.50. The van der Waals surface area contributed by atoms with Gasteiger partial charge in [-0.1, -0.05) is 0 Å². The summed E-state index contributed by atoms with van der Waals surface area (Å²) in [4.78, 5) is 0. The van der Waals surface area contributed by atoms with Crippen LogP contribution in [0.4, 0.5) is 5.82 Å². The van der Waals surface area contributed by atoms with Crippen molar-refractivity contribution in [3.8, 4) is 0 Å². The van der Waals surface area contributed by atoms with Gasteiger partial charge in [0.15, 0.2) is 0 Å². The lowest BCUT2D eigenvalue weighted by Gasteiger charge is -2.12. The third kappa shape index (κ3) is 1.65. The van der Waals surface area contributed by atoms with Gasteiger partial charge in [0.05, 0.1) is 6.20 Å². The van der Waals surface area contributed by atoms with Crippen LogP contribution >= 0.6 is 0 Å². The Morgan fingerprint density at radius 1 is 1.58 bits per heavy atom. The van der Waals surface area contributed by atoms with E-state index in [4.69, 9.17) is 0 Å². The first-order valence-corrected chi connectivity index (χ1v) is 3.81. The lowest BCUT2D eigenvalue weighted by molar-refractivity contribution is -0.594. The van der Waals surface area contributed by atoms with E-state index in [1.807, 2.05) is 6.92 Å². The first-order chi connectivity index (χ1) is 5.65. The molecule has 0 aliphatic heterocycles.